The number of allylic oxidation sites excluding steroid dienone is 1. The van der Waals surface area contributed by atoms with Crippen molar-refractivity contribution < 1.29 is 19.1 Å². The molecule has 124 valence electrons. The first-order valence-electron chi connectivity index (χ1n) is 7.35. The van der Waals surface area contributed by atoms with Crippen LogP contribution in [0.1, 0.15) is 18.4 Å². The number of hydrogen-bond acceptors (Lipinski definition) is 4. The second kappa shape index (κ2) is 10.2. The summed E-state index contributed by atoms with van der Waals surface area (Å²) in [6, 6.07) is 8.58. The van der Waals surface area contributed by atoms with Crippen molar-refractivity contribution in [1.29, 1.82) is 0 Å². The van der Waals surface area contributed by atoms with E-state index in [2.05, 4.69) is 21.9 Å². The molecule has 0 saturated carbocycles. The summed E-state index contributed by atoms with van der Waals surface area (Å²) < 4.78 is 4.48. The summed E-state index contributed by atoms with van der Waals surface area (Å²) in [6.07, 6.45) is 2.78. The highest BCUT2D eigenvalue weighted by atomic mass is 16.5. The highest BCUT2D eigenvalue weighted by Crippen LogP contribution is 2.04. The van der Waals surface area contributed by atoms with Crippen molar-refractivity contribution in [3.8, 4) is 0 Å². The lowest BCUT2D eigenvalue weighted by Crippen LogP contribution is -2.49. The van der Waals surface area contributed by atoms with Crippen LogP contribution in [0.15, 0.2) is 43.0 Å². The van der Waals surface area contributed by atoms with Crippen LogP contribution in [0, 0.1) is 0 Å². The molecule has 1 aromatic carbocycles. The summed E-state index contributed by atoms with van der Waals surface area (Å²) in [5.74, 6) is -1.21. The van der Waals surface area contributed by atoms with E-state index < -0.39 is 17.9 Å². The first-order valence-corrected chi connectivity index (χ1v) is 7.35. The first kappa shape index (κ1) is 18.4. The molecule has 0 aliphatic heterocycles. The summed E-state index contributed by atoms with van der Waals surface area (Å²) in [4.78, 5) is 35.2. The Morgan fingerprint density at radius 3 is 2.57 bits per heavy atom. The molecule has 1 aromatic rings. The van der Waals surface area contributed by atoms with Crippen LogP contribution in [0.5, 0.6) is 0 Å². The van der Waals surface area contributed by atoms with E-state index in [0.717, 1.165) is 5.56 Å². The third-order valence-electron chi connectivity index (χ3n) is 3.14. The van der Waals surface area contributed by atoms with Gasteiger partial charge in [0.15, 0.2) is 0 Å². The zero-order chi connectivity index (χ0) is 17.1. The molecule has 0 aliphatic rings. The molecule has 0 radical (unpaired) electrons. The van der Waals surface area contributed by atoms with Crippen LogP contribution in [-0.4, -0.2) is 37.5 Å². The van der Waals surface area contributed by atoms with Gasteiger partial charge in [-0.05, 0) is 12.0 Å². The van der Waals surface area contributed by atoms with Gasteiger partial charge in [0, 0.05) is 12.8 Å². The number of nitrogens with one attached hydrogen (secondary N) is 2. The van der Waals surface area contributed by atoms with E-state index >= 15 is 0 Å². The molecule has 0 saturated heterocycles. The van der Waals surface area contributed by atoms with Crippen LogP contribution >= 0.6 is 0 Å². The van der Waals surface area contributed by atoms with E-state index in [4.69, 9.17) is 0 Å². The molecule has 0 aromatic heterocycles. The van der Waals surface area contributed by atoms with Gasteiger partial charge in [0.05, 0.1) is 7.11 Å². The van der Waals surface area contributed by atoms with Crippen molar-refractivity contribution in [3.05, 3.63) is 48.6 Å². The molecule has 0 heterocycles. The van der Waals surface area contributed by atoms with Crippen LogP contribution in [0.25, 0.3) is 0 Å². The number of benzene rings is 1. The van der Waals surface area contributed by atoms with Gasteiger partial charge in [-0.3, -0.25) is 14.4 Å². The van der Waals surface area contributed by atoms with Gasteiger partial charge in [-0.25, -0.2) is 0 Å². The molecule has 0 aliphatic carbocycles. The number of carbonyl (C=O) groups excluding carboxylic acids is 3. The van der Waals surface area contributed by atoms with E-state index in [1.165, 1.54) is 7.11 Å². The normalized spacial score (nSPS) is 11.2. The standard InChI is InChI=1S/C17H22N2O4/c1-3-4-10-15(20)19-14(11-13-8-6-5-7-9-13)17(22)18-12-16(21)23-2/h3,5-9,14H,1,4,10-12H2,2H3,(H,18,22)(H,19,20). The van der Waals surface area contributed by atoms with Gasteiger partial charge in [-0.1, -0.05) is 36.4 Å². The Kier molecular flexibility index (Phi) is 8.13. The van der Waals surface area contributed by atoms with Crippen LogP contribution in [0.3, 0.4) is 0 Å². The molecular weight excluding hydrogens is 296 g/mol. The van der Waals surface area contributed by atoms with Crippen molar-refractivity contribution >= 4 is 17.8 Å². The van der Waals surface area contributed by atoms with Crippen molar-refractivity contribution in [1.82, 2.24) is 10.6 Å². The minimum Gasteiger partial charge on any atom is -0.468 e. The average molecular weight is 318 g/mol. The van der Waals surface area contributed by atoms with E-state index in [1.807, 2.05) is 30.3 Å². The summed E-state index contributed by atoms with van der Waals surface area (Å²) in [6.45, 7) is 3.33. The van der Waals surface area contributed by atoms with Gasteiger partial charge in [0.2, 0.25) is 11.8 Å². The predicted molar refractivity (Wildman–Crippen MR) is 86.5 cm³/mol. The first-order chi connectivity index (χ1) is 11.1. The molecule has 1 unspecified atom stereocenters. The van der Waals surface area contributed by atoms with Crippen molar-refractivity contribution in [2.24, 2.45) is 0 Å². The molecule has 2 N–H and O–H groups in total. The van der Waals surface area contributed by atoms with Gasteiger partial charge in [0.25, 0.3) is 0 Å². The fraction of sp³-hybridized carbons (Fsp3) is 0.353. The van der Waals surface area contributed by atoms with E-state index in [9.17, 15) is 14.4 Å². The molecule has 23 heavy (non-hydrogen) atoms. The minimum absolute atomic E-state index is 0.233. The van der Waals surface area contributed by atoms with E-state index in [-0.39, 0.29) is 18.9 Å². The summed E-state index contributed by atoms with van der Waals surface area (Å²) in [5, 5.41) is 5.16. The number of rotatable bonds is 9. The quantitative estimate of drug-likeness (QED) is 0.525. The number of methoxy groups -OCH3 is 1. The Morgan fingerprint density at radius 1 is 1.26 bits per heavy atom. The van der Waals surface area contributed by atoms with Crippen LogP contribution < -0.4 is 10.6 Å². The van der Waals surface area contributed by atoms with Crippen molar-refractivity contribution in [2.75, 3.05) is 13.7 Å². The second-order valence-corrected chi connectivity index (χ2v) is 4.93. The summed E-state index contributed by atoms with van der Waals surface area (Å²) in [5.41, 5.74) is 0.912. The van der Waals surface area contributed by atoms with E-state index in [0.29, 0.717) is 12.8 Å². The van der Waals surface area contributed by atoms with Gasteiger partial charge >= 0.3 is 5.97 Å². The van der Waals surface area contributed by atoms with E-state index in [1.54, 1.807) is 6.08 Å². The molecular formula is C17H22N2O4. The average Bonchev–Trinajstić information content (AvgIpc) is 2.57. The smallest absolute Gasteiger partial charge is 0.325 e. The van der Waals surface area contributed by atoms with Crippen molar-refractivity contribution in [3.63, 3.8) is 0 Å². The second-order valence-electron chi connectivity index (χ2n) is 4.93. The molecule has 1 atom stereocenters. The number of ether oxygens (including phenoxy) is 1. The van der Waals surface area contributed by atoms with Crippen LogP contribution in [0.4, 0.5) is 0 Å². The Balaban J connectivity index is 2.70. The Hall–Kier alpha value is -2.63. The molecule has 1 rings (SSSR count). The Bertz CT molecular complexity index is 543. The van der Waals surface area contributed by atoms with Crippen LogP contribution in [0.2, 0.25) is 0 Å². The molecule has 6 nitrogen and oxygen atoms in total. The molecule has 0 spiro atoms. The lowest BCUT2D eigenvalue weighted by atomic mass is 10.0. The Labute approximate surface area is 135 Å². The maximum absolute atomic E-state index is 12.2. The zero-order valence-electron chi connectivity index (χ0n) is 13.2. The largest absolute Gasteiger partial charge is 0.468 e. The third kappa shape index (κ3) is 7.26. The van der Waals surface area contributed by atoms with Crippen LogP contribution in [-0.2, 0) is 25.5 Å². The maximum Gasteiger partial charge on any atom is 0.325 e. The summed E-state index contributed by atoms with van der Waals surface area (Å²) >= 11 is 0. The van der Waals surface area contributed by atoms with Gasteiger partial charge in [-0.15, -0.1) is 6.58 Å². The molecule has 6 heteroatoms. The third-order valence-corrected chi connectivity index (χ3v) is 3.14. The fourth-order valence-electron chi connectivity index (χ4n) is 1.91. The van der Waals surface area contributed by atoms with Crippen molar-refractivity contribution in [2.45, 2.75) is 25.3 Å². The lowest BCUT2D eigenvalue weighted by Gasteiger charge is -2.18. The van der Waals surface area contributed by atoms with Gasteiger partial charge < -0.3 is 15.4 Å². The fourth-order valence-corrected chi connectivity index (χ4v) is 1.91. The molecule has 0 fully saturated rings. The number of carbonyl (C=O) groups is 3. The highest BCUT2D eigenvalue weighted by molar-refractivity contribution is 5.89. The van der Waals surface area contributed by atoms with Gasteiger partial charge in [0.1, 0.15) is 12.6 Å². The van der Waals surface area contributed by atoms with Gasteiger partial charge in [-0.2, -0.15) is 0 Å². The topological polar surface area (TPSA) is 84.5 Å². The lowest BCUT2D eigenvalue weighted by molar-refractivity contribution is -0.141. The molecule has 2 amide bonds. The Morgan fingerprint density at radius 2 is 1.96 bits per heavy atom. The SMILES string of the molecule is C=CCCC(=O)NC(Cc1ccccc1)C(=O)NCC(=O)OC. The minimum atomic E-state index is -0.751. The maximum atomic E-state index is 12.2. The zero-order valence-corrected chi connectivity index (χ0v) is 13.2. The number of hydrogen-bond donors (Lipinski definition) is 2. The number of esters is 1. The predicted octanol–water partition coefficient (Wildman–Crippen LogP) is 0.969. The molecule has 0 bridgehead atoms. The summed E-state index contributed by atoms with van der Waals surface area (Å²) in [7, 11) is 1.24. The monoisotopic (exact) mass is 318 g/mol. The number of amides is 2. The highest BCUT2D eigenvalue weighted by Gasteiger charge is 2.21.